The zero-order valence-electron chi connectivity index (χ0n) is 13.6. The van der Waals surface area contributed by atoms with Crippen LogP contribution in [0.15, 0.2) is 53.0 Å². The Morgan fingerprint density at radius 1 is 0.962 bits per heavy atom. The summed E-state index contributed by atoms with van der Waals surface area (Å²) in [5.74, 6) is -2.29. The smallest absolute Gasteiger partial charge is 0.344 e. The molecule has 4 nitrogen and oxygen atoms in total. The van der Waals surface area contributed by atoms with Crippen molar-refractivity contribution in [2.75, 3.05) is 5.32 Å². The fourth-order valence-corrected chi connectivity index (χ4v) is 2.72. The number of amides is 2. The zero-order valence-corrected chi connectivity index (χ0v) is 15.2. The van der Waals surface area contributed by atoms with Crippen molar-refractivity contribution in [1.29, 1.82) is 0 Å². The normalized spacial score (nSPS) is 11.1. The highest BCUT2D eigenvalue weighted by Gasteiger charge is 2.38. The van der Waals surface area contributed by atoms with E-state index in [1.807, 2.05) is 24.3 Å². The summed E-state index contributed by atoms with van der Waals surface area (Å²) in [6.07, 6.45) is -4.21. The third-order valence-corrected chi connectivity index (χ3v) is 4.34. The summed E-state index contributed by atoms with van der Waals surface area (Å²) < 4.78 is 37.7. The van der Waals surface area contributed by atoms with E-state index < -0.39 is 12.1 Å². The zero-order chi connectivity index (χ0) is 19.2. The predicted octanol–water partition coefficient (Wildman–Crippen LogP) is 4.20. The number of hydrogen-bond acceptors (Lipinski definition) is 2. The quantitative estimate of drug-likeness (QED) is 0.724. The number of carbonyl (C=O) groups excluding carboxylic acids is 2. The van der Waals surface area contributed by atoms with Gasteiger partial charge in [-0.2, -0.15) is 13.2 Å². The maximum Gasteiger partial charge on any atom is 0.471 e. The summed E-state index contributed by atoms with van der Waals surface area (Å²) in [6, 6.07) is 13.9. The Morgan fingerprint density at radius 2 is 1.58 bits per heavy atom. The average Bonchev–Trinajstić information content (AvgIpc) is 2.59. The summed E-state index contributed by atoms with van der Waals surface area (Å²) in [7, 11) is 0. The van der Waals surface area contributed by atoms with Gasteiger partial charge in [0, 0.05) is 23.1 Å². The van der Waals surface area contributed by atoms with Crippen LogP contribution in [0.5, 0.6) is 0 Å². The Balaban J connectivity index is 1.95. The van der Waals surface area contributed by atoms with E-state index in [-0.39, 0.29) is 18.9 Å². The second-order valence-corrected chi connectivity index (χ2v) is 6.33. The topological polar surface area (TPSA) is 58.2 Å². The fraction of sp³-hybridized carbons (Fsp3) is 0.222. The number of aryl methyl sites for hydroxylation is 1. The van der Waals surface area contributed by atoms with Crippen LogP contribution in [0.1, 0.15) is 17.5 Å². The Bertz CT molecular complexity index is 794. The second-order valence-electron chi connectivity index (χ2n) is 5.48. The molecule has 0 unspecified atom stereocenters. The van der Waals surface area contributed by atoms with Crippen LogP contribution in [0.2, 0.25) is 0 Å². The van der Waals surface area contributed by atoms with Gasteiger partial charge in [0.25, 0.3) is 0 Å². The first-order valence-electron chi connectivity index (χ1n) is 7.73. The van der Waals surface area contributed by atoms with Gasteiger partial charge in [-0.15, -0.1) is 0 Å². The lowest BCUT2D eigenvalue weighted by Gasteiger charge is -2.13. The maximum absolute atomic E-state index is 12.3. The van der Waals surface area contributed by atoms with Crippen molar-refractivity contribution >= 4 is 33.4 Å². The Hall–Kier alpha value is -2.35. The maximum atomic E-state index is 12.3. The number of benzene rings is 2. The van der Waals surface area contributed by atoms with Crippen LogP contribution >= 0.6 is 15.9 Å². The van der Waals surface area contributed by atoms with Crippen LogP contribution in [-0.2, 0) is 22.6 Å². The van der Waals surface area contributed by atoms with Crippen molar-refractivity contribution in [1.82, 2.24) is 5.32 Å². The van der Waals surface area contributed by atoms with Crippen LogP contribution in [0.4, 0.5) is 18.9 Å². The number of alkyl halides is 3. The molecule has 138 valence electrons. The van der Waals surface area contributed by atoms with Crippen molar-refractivity contribution in [3.63, 3.8) is 0 Å². The molecule has 0 atom stereocenters. The van der Waals surface area contributed by atoms with Gasteiger partial charge in [-0.05, 0) is 29.7 Å². The first-order valence-corrected chi connectivity index (χ1v) is 8.53. The molecule has 0 aliphatic heterocycles. The molecule has 2 aromatic rings. The van der Waals surface area contributed by atoms with Gasteiger partial charge in [0.15, 0.2) is 0 Å². The first kappa shape index (κ1) is 20.0. The summed E-state index contributed by atoms with van der Waals surface area (Å²) in [5.41, 5.74) is 1.74. The third kappa shape index (κ3) is 5.87. The number of nitrogens with one attached hydrogen (secondary N) is 2. The second kappa shape index (κ2) is 8.84. The van der Waals surface area contributed by atoms with E-state index in [1.165, 1.54) is 0 Å². The van der Waals surface area contributed by atoms with Gasteiger partial charge in [-0.3, -0.25) is 9.59 Å². The van der Waals surface area contributed by atoms with E-state index in [0.29, 0.717) is 17.7 Å². The minimum atomic E-state index is -4.94. The number of halogens is 4. The molecule has 2 rings (SSSR count). The van der Waals surface area contributed by atoms with Gasteiger partial charge in [0.1, 0.15) is 0 Å². The van der Waals surface area contributed by atoms with Crippen LogP contribution in [0.25, 0.3) is 0 Å². The van der Waals surface area contributed by atoms with E-state index in [2.05, 4.69) is 21.2 Å². The van der Waals surface area contributed by atoms with E-state index in [9.17, 15) is 22.8 Å². The number of rotatable bonds is 6. The number of hydrogen-bond donors (Lipinski definition) is 2. The van der Waals surface area contributed by atoms with Gasteiger partial charge in [-0.1, -0.05) is 52.3 Å². The van der Waals surface area contributed by atoms with Crippen molar-refractivity contribution in [3.8, 4) is 0 Å². The van der Waals surface area contributed by atoms with Crippen LogP contribution in [0, 0.1) is 0 Å². The highest BCUT2D eigenvalue weighted by atomic mass is 79.9. The van der Waals surface area contributed by atoms with E-state index in [0.717, 1.165) is 10.0 Å². The summed E-state index contributed by atoms with van der Waals surface area (Å²) in [6.45, 7) is -0.334. The molecule has 8 heteroatoms. The van der Waals surface area contributed by atoms with E-state index in [1.54, 1.807) is 29.6 Å². The average molecular weight is 429 g/mol. The molecule has 0 spiro atoms. The van der Waals surface area contributed by atoms with Crippen LogP contribution in [-0.4, -0.2) is 18.0 Å². The lowest BCUT2D eigenvalue weighted by Crippen LogP contribution is -2.36. The Morgan fingerprint density at radius 3 is 2.23 bits per heavy atom. The molecule has 0 aliphatic rings. The highest BCUT2D eigenvalue weighted by molar-refractivity contribution is 9.10. The largest absolute Gasteiger partial charge is 0.471 e. The van der Waals surface area contributed by atoms with Gasteiger partial charge in [0.2, 0.25) is 5.91 Å². The van der Waals surface area contributed by atoms with Crippen molar-refractivity contribution in [2.45, 2.75) is 25.6 Å². The number of carbonyl (C=O) groups is 2. The Labute approximate surface area is 156 Å². The van der Waals surface area contributed by atoms with Gasteiger partial charge < -0.3 is 10.6 Å². The third-order valence-electron chi connectivity index (χ3n) is 3.57. The summed E-state index contributed by atoms with van der Waals surface area (Å²) in [4.78, 5) is 23.1. The van der Waals surface area contributed by atoms with Gasteiger partial charge in [0.05, 0.1) is 0 Å². The van der Waals surface area contributed by atoms with Gasteiger partial charge in [-0.25, -0.2) is 0 Å². The lowest BCUT2D eigenvalue weighted by molar-refractivity contribution is -0.173. The van der Waals surface area contributed by atoms with Crippen molar-refractivity contribution in [3.05, 3.63) is 64.1 Å². The van der Waals surface area contributed by atoms with Gasteiger partial charge >= 0.3 is 12.1 Å². The molecule has 0 bridgehead atoms. The molecule has 0 saturated carbocycles. The molecule has 2 N–H and O–H groups in total. The highest BCUT2D eigenvalue weighted by Crippen LogP contribution is 2.20. The molecule has 0 heterocycles. The molecular formula is C18H16BrF3N2O2. The van der Waals surface area contributed by atoms with Crippen LogP contribution < -0.4 is 10.6 Å². The molecule has 0 saturated heterocycles. The Kier molecular flexibility index (Phi) is 6.79. The molecule has 0 radical (unpaired) electrons. The SMILES string of the molecule is O=C(CCc1ccccc1Br)Nc1ccccc1CNC(=O)C(F)(F)F. The molecule has 0 fully saturated rings. The molecule has 0 aliphatic carbocycles. The summed E-state index contributed by atoms with van der Waals surface area (Å²) >= 11 is 3.41. The van der Waals surface area contributed by atoms with E-state index >= 15 is 0 Å². The monoisotopic (exact) mass is 428 g/mol. The molecular weight excluding hydrogens is 413 g/mol. The van der Waals surface area contributed by atoms with Crippen molar-refractivity contribution < 1.29 is 22.8 Å². The lowest BCUT2D eigenvalue weighted by atomic mass is 10.1. The fourth-order valence-electron chi connectivity index (χ4n) is 2.23. The molecule has 2 amide bonds. The van der Waals surface area contributed by atoms with Crippen LogP contribution in [0.3, 0.4) is 0 Å². The standard InChI is InChI=1S/C18H16BrF3N2O2/c19-14-7-3-1-5-12(14)9-10-16(25)24-15-8-4-2-6-13(15)11-23-17(26)18(20,21)22/h1-8H,9-11H2,(H,23,26)(H,24,25). The predicted molar refractivity (Wildman–Crippen MR) is 95.4 cm³/mol. The first-order chi connectivity index (χ1) is 12.3. The minimum Gasteiger partial charge on any atom is -0.344 e. The van der Waals surface area contributed by atoms with E-state index in [4.69, 9.17) is 0 Å². The van der Waals surface area contributed by atoms with Crippen molar-refractivity contribution in [2.24, 2.45) is 0 Å². The number of anilines is 1. The number of para-hydroxylation sites is 1. The minimum absolute atomic E-state index is 0.214. The molecule has 26 heavy (non-hydrogen) atoms. The molecule has 2 aromatic carbocycles. The molecule has 0 aromatic heterocycles. The summed E-state index contributed by atoms with van der Waals surface area (Å²) in [5, 5.41) is 4.47.